The average Bonchev–Trinajstić information content (AvgIpc) is 3.73. The maximum atomic E-state index is 3.95. The molecule has 0 saturated heterocycles. The van der Waals surface area contributed by atoms with Crippen LogP contribution in [0.5, 0.6) is 0 Å². The summed E-state index contributed by atoms with van der Waals surface area (Å²) >= 11 is 0. The van der Waals surface area contributed by atoms with E-state index in [0.29, 0.717) is 0 Å². The minimum absolute atomic E-state index is 1.02. The van der Waals surface area contributed by atoms with Crippen LogP contribution in [0, 0.1) is 0 Å². The quantitative estimate of drug-likeness (QED) is 0.123. The van der Waals surface area contributed by atoms with Gasteiger partial charge in [0.05, 0.1) is 0 Å². The molecule has 14 rings (SSSR count). The molecule has 0 aromatic heterocycles. The fourth-order valence-electron chi connectivity index (χ4n) is 11.5. The summed E-state index contributed by atoms with van der Waals surface area (Å²) in [5.41, 5.74) is 24.7. The van der Waals surface area contributed by atoms with E-state index in [1.54, 1.807) is 0 Å². The van der Waals surface area contributed by atoms with Crippen molar-refractivity contribution in [2.45, 2.75) is 0 Å². The Hall–Kier alpha value is -10.4. The van der Waals surface area contributed by atoms with E-state index in [2.05, 4.69) is 338 Å². The van der Waals surface area contributed by atoms with E-state index in [-0.39, 0.29) is 0 Å². The van der Waals surface area contributed by atoms with Gasteiger partial charge in [-0.2, -0.15) is 0 Å². The van der Waals surface area contributed by atoms with Crippen molar-refractivity contribution in [1.29, 1.82) is 0 Å². The highest BCUT2D eigenvalue weighted by Crippen LogP contribution is 2.47. The normalized spacial score (nSPS) is 11.6. The van der Waals surface area contributed by atoms with Crippen LogP contribution in [0.2, 0.25) is 0 Å². The van der Waals surface area contributed by atoms with Gasteiger partial charge < -0.3 is 15.1 Å². The first kappa shape index (κ1) is 48.0. The second-order valence-electron chi connectivity index (χ2n) is 20.4. The van der Waals surface area contributed by atoms with Gasteiger partial charge in [-0.3, -0.25) is 0 Å². The highest BCUT2D eigenvalue weighted by atomic mass is 15.2. The lowest BCUT2D eigenvalue weighted by Crippen LogP contribution is -2.41. The number of nitrogens with one attached hydrogen (secondary N) is 1. The van der Waals surface area contributed by atoms with Gasteiger partial charge in [0.1, 0.15) is 0 Å². The molecule has 1 aliphatic rings. The molecular formula is C76H53BN3. The Bertz CT molecular complexity index is 4240. The maximum Gasteiger partial charge on any atom is 0.197 e. The second-order valence-corrected chi connectivity index (χ2v) is 20.4. The summed E-state index contributed by atoms with van der Waals surface area (Å²) in [4.78, 5) is 4.92. The van der Waals surface area contributed by atoms with Crippen LogP contribution >= 0.6 is 0 Å². The summed E-state index contributed by atoms with van der Waals surface area (Å²) in [6.07, 6.45) is 0. The first-order valence-corrected chi connectivity index (χ1v) is 27.4. The van der Waals surface area contributed by atoms with Gasteiger partial charge in [-0.1, -0.05) is 242 Å². The first-order valence-electron chi connectivity index (χ1n) is 27.4. The summed E-state index contributed by atoms with van der Waals surface area (Å²) < 4.78 is 0. The van der Waals surface area contributed by atoms with E-state index in [9.17, 15) is 0 Å². The summed E-state index contributed by atoms with van der Waals surface area (Å²) in [6, 6.07) is 114. The van der Waals surface area contributed by atoms with Gasteiger partial charge in [0.15, 0.2) is 7.28 Å². The predicted octanol–water partition coefficient (Wildman–Crippen LogP) is 19.5. The van der Waals surface area contributed by atoms with Crippen LogP contribution in [0.4, 0.5) is 45.5 Å². The third-order valence-electron chi connectivity index (χ3n) is 15.4. The lowest BCUT2D eigenvalue weighted by Gasteiger charge is -2.37. The van der Waals surface area contributed by atoms with Gasteiger partial charge >= 0.3 is 0 Å². The number of benzene rings is 13. The Morgan fingerprint density at radius 1 is 0.312 bits per heavy atom. The van der Waals surface area contributed by atoms with Gasteiger partial charge in [-0.05, 0) is 151 Å². The second kappa shape index (κ2) is 21.2. The Labute approximate surface area is 469 Å². The van der Waals surface area contributed by atoms with Crippen LogP contribution in [0.25, 0.3) is 77.5 Å². The number of hydrogen-bond acceptors (Lipinski definition) is 3. The van der Waals surface area contributed by atoms with Crippen LogP contribution in [0.15, 0.2) is 315 Å². The van der Waals surface area contributed by atoms with Crippen molar-refractivity contribution in [3.05, 3.63) is 315 Å². The number of anilines is 8. The van der Waals surface area contributed by atoms with Crippen LogP contribution < -0.4 is 26.0 Å². The lowest BCUT2D eigenvalue weighted by molar-refractivity contribution is 1.26. The van der Waals surface area contributed by atoms with Crippen LogP contribution in [0.3, 0.4) is 0 Å². The molecule has 0 saturated carbocycles. The van der Waals surface area contributed by atoms with Crippen LogP contribution in [0.1, 0.15) is 0 Å². The summed E-state index contributed by atoms with van der Waals surface area (Å²) in [5.74, 6) is 0. The number of nitrogens with zero attached hydrogens (tertiary/aromatic N) is 2. The third-order valence-corrected chi connectivity index (χ3v) is 15.4. The molecule has 13 aromatic rings. The Morgan fingerprint density at radius 2 is 0.762 bits per heavy atom. The Kier molecular flexibility index (Phi) is 12.7. The zero-order valence-corrected chi connectivity index (χ0v) is 44.0. The molecule has 4 heteroatoms. The van der Waals surface area contributed by atoms with Gasteiger partial charge in [-0.25, -0.2) is 0 Å². The van der Waals surface area contributed by atoms with Crippen molar-refractivity contribution in [3.8, 4) is 66.8 Å². The van der Waals surface area contributed by atoms with Gasteiger partial charge in [0.2, 0.25) is 0 Å². The Balaban J connectivity index is 0.975. The summed E-state index contributed by atoms with van der Waals surface area (Å²) in [6.45, 7) is 0. The first-order chi connectivity index (χ1) is 39.6. The molecule has 13 aromatic carbocycles. The molecule has 1 aliphatic heterocycles. The smallest absolute Gasteiger partial charge is 0.197 e. The molecule has 1 radical (unpaired) electrons. The van der Waals surface area contributed by atoms with Crippen molar-refractivity contribution in [2.75, 3.05) is 15.1 Å². The monoisotopic (exact) mass is 1020 g/mol. The van der Waals surface area contributed by atoms with Crippen molar-refractivity contribution in [1.82, 2.24) is 0 Å². The molecule has 80 heavy (non-hydrogen) atoms. The van der Waals surface area contributed by atoms with E-state index in [4.69, 9.17) is 0 Å². The number of rotatable bonds is 12. The molecule has 0 unspecified atom stereocenters. The molecule has 0 bridgehead atoms. The SMILES string of the molecule is [B]1c2ccc(N(c3ccc(-c4ccccc4)cc3)c3ccc(-c4ccccc4)cc3)cc2N(c2cccc(-c3ccccc3)c2)c2c1c(-c1cc(-c3ccccc3)ccc1Nc1cccc(-c3ccccc3)c1)cc1ccccc21. The van der Waals surface area contributed by atoms with Crippen molar-refractivity contribution in [2.24, 2.45) is 0 Å². The van der Waals surface area contributed by atoms with Gasteiger partial charge in [0.25, 0.3) is 0 Å². The lowest BCUT2D eigenvalue weighted by atomic mass is 9.57. The minimum Gasteiger partial charge on any atom is -0.355 e. The molecule has 0 amide bonds. The van der Waals surface area contributed by atoms with Gasteiger partial charge in [-0.15, -0.1) is 0 Å². The maximum absolute atomic E-state index is 3.95. The van der Waals surface area contributed by atoms with Crippen LogP contribution in [-0.4, -0.2) is 7.28 Å². The van der Waals surface area contributed by atoms with Crippen molar-refractivity contribution >= 4 is 74.5 Å². The van der Waals surface area contributed by atoms with Gasteiger partial charge in [0, 0.05) is 56.4 Å². The molecule has 3 nitrogen and oxygen atoms in total. The fourth-order valence-corrected chi connectivity index (χ4v) is 11.5. The summed E-state index contributed by atoms with van der Waals surface area (Å²) in [7, 11) is 2.43. The van der Waals surface area contributed by atoms with E-state index in [1.165, 1.54) is 33.4 Å². The molecule has 0 fully saturated rings. The van der Waals surface area contributed by atoms with E-state index in [0.717, 1.165) is 101 Å². The number of fused-ring (bicyclic) bond motifs is 4. The highest BCUT2D eigenvalue weighted by molar-refractivity contribution is 6.74. The minimum atomic E-state index is 1.02. The molecule has 0 spiro atoms. The van der Waals surface area contributed by atoms with Crippen LogP contribution in [-0.2, 0) is 0 Å². The zero-order valence-electron chi connectivity index (χ0n) is 44.0. The molecule has 0 aliphatic carbocycles. The Morgan fingerprint density at radius 3 is 1.34 bits per heavy atom. The van der Waals surface area contributed by atoms with E-state index < -0.39 is 0 Å². The molecule has 1 N–H and O–H groups in total. The number of hydrogen-bond donors (Lipinski definition) is 1. The average molecular weight is 1020 g/mol. The molecular weight excluding hydrogens is 966 g/mol. The van der Waals surface area contributed by atoms with Crippen molar-refractivity contribution in [3.63, 3.8) is 0 Å². The van der Waals surface area contributed by atoms with E-state index >= 15 is 0 Å². The summed E-state index contributed by atoms with van der Waals surface area (Å²) in [5, 5.41) is 6.26. The molecule has 1 heterocycles. The van der Waals surface area contributed by atoms with E-state index in [1.807, 2.05) is 0 Å². The van der Waals surface area contributed by atoms with Crippen molar-refractivity contribution < 1.29 is 0 Å². The predicted molar refractivity (Wildman–Crippen MR) is 341 cm³/mol. The highest BCUT2D eigenvalue weighted by Gasteiger charge is 2.31. The zero-order chi connectivity index (χ0) is 53.2. The molecule has 0 atom stereocenters. The fraction of sp³-hybridized carbons (Fsp3) is 0. The topological polar surface area (TPSA) is 18.5 Å². The standard InChI is InChI=1S/C76H53BN3/c1-6-20-53(21-7-1)58-36-41-65(42-37-58)79(66-43-38-59(39-44-66)54-22-8-2-9-23-54)68-45-46-72-74(52-68)80(67-34-19-32-61(49-67)56-26-12-4-13-27-56)76-69-35-17-16-30-63(69)51-71(75(76)77-72)70-50-62(57-28-14-5-15-29-57)40-47-73(70)78-64-33-18-31-60(48-64)55-24-10-3-11-25-55/h1-52,78H. The largest absolute Gasteiger partial charge is 0.355 e. The third kappa shape index (κ3) is 9.40. The molecule has 375 valence electrons.